The van der Waals surface area contributed by atoms with Gasteiger partial charge in [-0.05, 0) is 94.7 Å². The number of amides is 1. The molecule has 0 heterocycles. The molecule has 1 unspecified atom stereocenters. The van der Waals surface area contributed by atoms with E-state index in [2.05, 4.69) is 32.0 Å². The van der Waals surface area contributed by atoms with Gasteiger partial charge in [-0.1, -0.05) is 51.0 Å². The monoisotopic (exact) mass is 523 g/mol. The van der Waals surface area contributed by atoms with Gasteiger partial charge in [0.2, 0.25) is 0 Å². The summed E-state index contributed by atoms with van der Waals surface area (Å²) in [4.78, 5) is 26.2. The molecule has 2 N–H and O–H groups in total. The zero-order chi connectivity index (χ0) is 28.5. The van der Waals surface area contributed by atoms with Crippen LogP contribution in [0.2, 0.25) is 0 Å². The number of carbonyl (C=O) groups excluding carboxylic acids is 1. The summed E-state index contributed by atoms with van der Waals surface area (Å²) in [5, 5.41) is 20.5. The molecule has 3 rings (SSSR count). The van der Waals surface area contributed by atoms with Gasteiger partial charge in [-0.25, -0.2) is 4.79 Å². The molecule has 2 aromatic rings. The second kappa shape index (κ2) is 11.1. The van der Waals surface area contributed by atoms with Crippen molar-refractivity contribution in [1.82, 2.24) is 4.90 Å². The van der Waals surface area contributed by atoms with Crippen LogP contribution >= 0.6 is 0 Å². The van der Waals surface area contributed by atoms with E-state index >= 15 is 0 Å². The van der Waals surface area contributed by atoms with Crippen molar-refractivity contribution in [2.75, 3.05) is 7.05 Å². The average molecular weight is 524 g/mol. The normalized spacial score (nSPS) is 16.2. The average Bonchev–Trinajstić information content (AvgIpc) is 3.33. The molecule has 1 aliphatic rings. The number of likely N-dealkylation sites (N-methyl/N-ethyl adjacent to an activating group) is 1. The molecule has 2 aromatic carbocycles. The molecule has 0 aliphatic heterocycles. The van der Waals surface area contributed by atoms with Gasteiger partial charge in [0.15, 0.2) is 0 Å². The second-order valence-electron chi connectivity index (χ2n) is 11.6. The molecule has 1 saturated carbocycles. The number of carboxylic acid groups (broad SMARTS) is 1. The molecule has 0 aromatic heterocycles. The van der Waals surface area contributed by atoms with Crippen molar-refractivity contribution < 1.29 is 24.5 Å². The third-order valence-corrected chi connectivity index (χ3v) is 9.14. The Morgan fingerprint density at radius 1 is 1.00 bits per heavy atom. The fourth-order valence-corrected chi connectivity index (χ4v) is 5.79. The van der Waals surface area contributed by atoms with Gasteiger partial charge in [0.05, 0.1) is 0 Å². The summed E-state index contributed by atoms with van der Waals surface area (Å²) in [5.74, 6) is -0.562. The smallest absolute Gasteiger partial charge is 0.329 e. The van der Waals surface area contributed by atoms with Gasteiger partial charge in [0.1, 0.15) is 23.0 Å². The van der Waals surface area contributed by atoms with Gasteiger partial charge in [0.25, 0.3) is 5.91 Å². The maximum atomic E-state index is 13.2. The first kappa shape index (κ1) is 29.7. The number of hydrogen-bond acceptors (Lipinski definition) is 4. The fourth-order valence-electron chi connectivity index (χ4n) is 5.79. The van der Waals surface area contributed by atoms with E-state index in [0.29, 0.717) is 5.56 Å². The number of aliphatic hydroxyl groups is 1. The molecule has 1 aliphatic carbocycles. The van der Waals surface area contributed by atoms with Gasteiger partial charge in [0, 0.05) is 18.0 Å². The third kappa shape index (κ3) is 5.33. The lowest BCUT2D eigenvalue weighted by molar-refractivity contribution is -0.147. The van der Waals surface area contributed by atoms with Crippen LogP contribution in [0.3, 0.4) is 0 Å². The summed E-state index contributed by atoms with van der Waals surface area (Å²) >= 11 is 0. The molecule has 1 atom stereocenters. The van der Waals surface area contributed by atoms with Crippen molar-refractivity contribution in [3.05, 3.63) is 64.2 Å². The molecule has 6 heteroatoms. The Kier molecular flexibility index (Phi) is 8.67. The zero-order valence-electron chi connectivity index (χ0n) is 24.4. The minimum atomic E-state index is -1.31. The van der Waals surface area contributed by atoms with Gasteiger partial charge >= 0.3 is 5.97 Å². The molecule has 0 spiro atoms. The van der Waals surface area contributed by atoms with Crippen LogP contribution in [0, 0.1) is 13.8 Å². The molecule has 38 heavy (non-hydrogen) atoms. The number of carboxylic acids is 1. The van der Waals surface area contributed by atoms with Crippen molar-refractivity contribution in [3.8, 4) is 5.75 Å². The van der Waals surface area contributed by atoms with E-state index in [1.165, 1.54) is 31.4 Å². The van der Waals surface area contributed by atoms with Crippen molar-refractivity contribution in [2.24, 2.45) is 0 Å². The Balaban J connectivity index is 1.93. The number of aliphatic carboxylic acids is 1. The highest BCUT2D eigenvalue weighted by atomic mass is 16.5. The van der Waals surface area contributed by atoms with Crippen LogP contribution in [0.5, 0.6) is 5.75 Å². The van der Waals surface area contributed by atoms with Crippen LogP contribution < -0.4 is 4.74 Å². The summed E-state index contributed by atoms with van der Waals surface area (Å²) in [7, 11) is 1.53. The number of hydrogen-bond donors (Lipinski definition) is 2. The minimum absolute atomic E-state index is 0.253. The number of rotatable bonds is 10. The Bertz CT molecular complexity index is 1170. The van der Waals surface area contributed by atoms with Crippen molar-refractivity contribution in [3.63, 3.8) is 0 Å². The first-order valence-electron chi connectivity index (χ1n) is 13.9. The van der Waals surface area contributed by atoms with Gasteiger partial charge in [-0.3, -0.25) is 4.79 Å². The molecule has 1 fully saturated rings. The number of ether oxygens (including phenoxy) is 1. The van der Waals surface area contributed by atoms with Crippen molar-refractivity contribution >= 4 is 11.9 Å². The molecular formula is C32H45NO5. The van der Waals surface area contributed by atoms with Crippen LogP contribution in [0.4, 0.5) is 0 Å². The topological polar surface area (TPSA) is 87.1 Å². The molecule has 0 saturated heterocycles. The summed E-state index contributed by atoms with van der Waals surface area (Å²) < 4.78 is 6.27. The first-order chi connectivity index (χ1) is 17.7. The van der Waals surface area contributed by atoms with E-state index in [1.807, 2.05) is 39.0 Å². The summed E-state index contributed by atoms with van der Waals surface area (Å²) in [6.45, 7) is 13.3. The van der Waals surface area contributed by atoms with E-state index in [9.17, 15) is 19.8 Å². The quantitative estimate of drug-likeness (QED) is 0.375. The highest BCUT2D eigenvalue weighted by Crippen LogP contribution is 2.42. The second-order valence-corrected chi connectivity index (χ2v) is 11.6. The highest BCUT2D eigenvalue weighted by molar-refractivity contribution is 5.98. The van der Waals surface area contributed by atoms with Gasteiger partial charge in [-0.15, -0.1) is 0 Å². The predicted octanol–water partition coefficient (Wildman–Crippen LogP) is 6.42. The standard InChI is InChI=1S/C32H45NO5/c1-9-31(10-2,24-13-15-26(21(3)19-24)28(34)33(8)30(6,7)29(35)36)25-14-16-27(22(4)20-25)38-23(5)32(37)17-11-12-18-32/h13-16,19-20,23,37H,9-12,17-18H2,1-8H3,(H,35,36). The van der Waals surface area contributed by atoms with E-state index in [4.69, 9.17) is 4.74 Å². The Morgan fingerprint density at radius 2 is 1.53 bits per heavy atom. The minimum Gasteiger partial charge on any atom is -0.487 e. The van der Waals surface area contributed by atoms with Crippen LogP contribution in [0.25, 0.3) is 0 Å². The Labute approximate surface area is 228 Å². The Hall–Kier alpha value is -2.86. The van der Waals surface area contributed by atoms with Crippen molar-refractivity contribution in [2.45, 2.75) is 110 Å². The summed E-state index contributed by atoms with van der Waals surface area (Å²) in [6, 6.07) is 12.2. The molecular weight excluding hydrogens is 478 g/mol. The van der Waals surface area contributed by atoms with Crippen LogP contribution in [0.15, 0.2) is 36.4 Å². The maximum Gasteiger partial charge on any atom is 0.329 e. The largest absolute Gasteiger partial charge is 0.487 e. The van der Waals surface area contributed by atoms with E-state index in [1.54, 1.807) is 0 Å². The van der Waals surface area contributed by atoms with Crippen LogP contribution in [-0.2, 0) is 10.2 Å². The summed E-state index contributed by atoms with van der Waals surface area (Å²) in [5.41, 5.74) is 2.34. The molecule has 6 nitrogen and oxygen atoms in total. The fraction of sp³-hybridized carbons (Fsp3) is 0.562. The lowest BCUT2D eigenvalue weighted by atomic mass is 9.70. The number of nitrogens with zero attached hydrogens (tertiary/aromatic N) is 1. The van der Waals surface area contributed by atoms with Crippen LogP contribution in [-0.4, -0.2) is 51.3 Å². The van der Waals surface area contributed by atoms with E-state index in [-0.39, 0.29) is 17.4 Å². The SMILES string of the molecule is CCC(CC)(c1ccc(OC(C)C2(O)CCCC2)c(C)c1)c1ccc(C(=O)N(C)C(C)(C)C(=O)O)c(C)c1. The lowest BCUT2D eigenvalue weighted by Crippen LogP contribution is -2.50. The maximum absolute atomic E-state index is 13.2. The molecule has 1 amide bonds. The summed E-state index contributed by atoms with van der Waals surface area (Å²) in [6.07, 6.45) is 5.11. The van der Waals surface area contributed by atoms with Gasteiger partial charge in [-0.2, -0.15) is 0 Å². The molecule has 0 bridgehead atoms. The molecule has 208 valence electrons. The Morgan fingerprint density at radius 3 is 2.00 bits per heavy atom. The number of benzene rings is 2. The van der Waals surface area contributed by atoms with Crippen LogP contribution in [0.1, 0.15) is 106 Å². The van der Waals surface area contributed by atoms with Gasteiger partial charge < -0.3 is 19.8 Å². The highest BCUT2D eigenvalue weighted by Gasteiger charge is 2.39. The number of aryl methyl sites for hydroxylation is 2. The third-order valence-electron chi connectivity index (χ3n) is 9.14. The number of carbonyl (C=O) groups is 2. The van der Waals surface area contributed by atoms with E-state index in [0.717, 1.165) is 61.0 Å². The molecule has 0 radical (unpaired) electrons. The van der Waals surface area contributed by atoms with Crippen molar-refractivity contribution in [1.29, 1.82) is 0 Å². The zero-order valence-corrected chi connectivity index (χ0v) is 24.4. The van der Waals surface area contributed by atoms with E-state index < -0.39 is 17.1 Å². The predicted molar refractivity (Wildman–Crippen MR) is 151 cm³/mol. The lowest BCUT2D eigenvalue weighted by Gasteiger charge is -2.35. The first-order valence-corrected chi connectivity index (χ1v) is 13.9.